The van der Waals surface area contributed by atoms with Gasteiger partial charge in [0.25, 0.3) is 0 Å². The van der Waals surface area contributed by atoms with Crippen molar-refractivity contribution in [3.63, 3.8) is 0 Å². The summed E-state index contributed by atoms with van der Waals surface area (Å²) in [5.41, 5.74) is 1.79. The first-order valence-corrected chi connectivity index (χ1v) is 6.03. The Morgan fingerprint density at radius 1 is 1.56 bits per heavy atom. The highest BCUT2D eigenvalue weighted by Gasteiger charge is 2.03. The van der Waals surface area contributed by atoms with Gasteiger partial charge in [-0.25, -0.2) is 0 Å². The minimum atomic E-state index is -0.482. The first kappa shape index (κ1) is 13.5. The van der Waals surface area contributed by atoms with Crippen LogP contribution in [0.15, 0.2) is 11.7 Å². The zero-order chi connectivity index (χ0) is 11.6. The molecule has 1 unspecified atom stereocenters. The Kier molecular flexibility index (Phi) is 7.28. The first-order valence-electron chi connectivity index (χ1n) is 5.15. The molecular weight excluding hydrogens is 228 g/mol. The minimum Gasteiger partial charge on any atom is -0.389 e. The van der Waals surface area contributed by atoms with E-state index in [2.05, 4.69) is 10.3 Å². The number of thiazole rings is 1. The summed E-state index contributed by atoms with van der Waals surface area (Å²) in [6.45, 7) is 2.66. The van der Waals surface area contributed by atoms with Crippen LogP contribution in [0.2, 0.25) is 0 Å². The maximum atomic E-state index is 9.54. The van der Waals surface area contributed by atoms with E-state index in [0.29, 0.717) is 26.4 Å². The van der Waals surface area contributed by atoms with Gasteiger partial charge in [-0.15, -0.1) is 11.3 Å². The van der Waals surface area contributed by atoms with Gasteiger partial charge in [-0.1, -0.05) is 0 Å². The molecule has 16 heavy (non-hydrogen) atoms. The van der Waals surface area contributed by atoms with Gasteiger partial charge in [0.15, 0.2) is 0 Å². The molecule has 92 valence electrons. The van der Waals surface area contributed by atoms with Gasteiger partial charge in [0.05, 0.1) is 31.4 Å². The van der Waals surface area contributed by atoms with E-state index in [1.165, 1.54) is 0 Å². The molecule has 0 aliphatic rings. The summed E-state index contributed by atoms with van der Waals surface area (Å²) in [6, 6.07) is 0. The molecule has 1 atom stereocenters. The number of rotatable bonds is 9. The van der Waals surface area contributed by atoms with E-state index in [0.717, 1.165) is 11.4 Å². The Hall–Kier alpha value is -0.530. The van der Waals surface area contributed by atoms with Crippen molar-refractivity contribution >= 4 is 11.3 Å². The Balaban J connectivity index is 1.95. The highest BCUT2D eigenvalue weighted by Crippen LogP contribution is 2.03. The lowest BCUT2D eigenvalue weighted by Crippen LogP contribution is -2.30. The average molecular weight is 246 g/mol. The molecule has 0 radical (unpaired) electrons. The number of aliphatic hydroxyl groups excluding tert-OH is 1. The van der Waals surface area contributed by atoms with Crippen LogP contribution in [-0.4, -0.2) is 49.7 Å². The Labute approximate surface area is 99.4 Å². The van der Waals surface area contributed by atoms with Gasteiger partial charge >= 0.3 is 0 Å². The molecule has 1 rings (SSSR count). The van der Waals surface area contributed by atoms with E-state index in [1.54, 1.807) is 24.0 Å². The van der Waals surface area contributed by atoms with Crippen LogP contribution in [0, 0.1) is 0 Å². The highest BCUT2D eigenvalue weighted by atomic mass is 32.1. The number of nitrogens with zero attached hydrogens (tertiary/aromatic N) is 1. The maximum absolute atomic E-state index is 9.54. The highest BCUT2D eigenvalue weighted by molar-refractivity contribution is 7.09. The standard InChI is InChI=1S/C10H18N2O3S/c1-14-2-3-15-7-9(13)4-11-5-10-6-12-8-16-10/h6,8-9,11,13H,2-5,7H2,1H3. The molecule has 0 aliphatic heterocycles. The first-order chi connectivity index (χ1) is 7.83. The molecule has 1 aromatic rings. The summed E-state index contributed by atoms with van der Waals surface area (Å²) >= 11 is 1.60. The molecular formula is C10H18N2O3S. The number of hydrogen-bond acceptors (Lipinski definition) is 6. The summed E-state index contributed by atoms with van der Waals surface area (Å²) in [7, 11) is 1.62. The van der Waals surface area contributed by atoms with Crippen molar-refractivity contribution < 1.29 is 14.6 Å². The van der Waals surface area contributed by atoms with Crippen molar-refractivity contribution in [1.29, 1.82) is 0 Å². The molecule has 0 bridgehead atoms. The van der Waals surface area contributed by atoms with Crippen LogP contribution in [0.1, 0.15) is 4.88 Å². The van der Waals surface area contributed by atoms with Crippen molar-refractivity contribution in [3.05, 3.63) is 16.6 Å². The van der Waals surface area contributed by atoms with Crippen molar-refractivity contribution in [2.45, 2.75) is 12.6 Å². The smallest absolute Gasteiger partial charge is 0.0897 e. The molecule has 1 heterocycles. The van der Waals surface area contributed by atoms with Gasteiger partial charge in [0.1, 0.15) is 0 Å². The molecule has 0 saturated carbocycles. The quantitative estimate of drug-likeness (QED) is 0.612. The molecule has 1 aromatic heterocycles. The van der Waals surface area contributed by atoms with Gasteiger partial charge in [-0.2, -0.15) is 0 Å². The van der Waals surface area contributed by atoms with Crippen LogP contribution in [-0.2, 0) is 16.0 Å². The molecule has 0 aliphatic carbocycles. The Morgan fingerprint density at radius 2 is 2.44 bits per heavy atom. The molecule has 0 aromatic carbocycles. The second-order valence-corrected chi connectivity index (χ2v) is 4.29. The molecule has 0 amide bonds. The monoisotopic (exact) mass is 246 g/mol. The van der Waals surface area contributed by atoms with Crippen LogP contribution < -0.4 is 5.32 Å². The lowest BCUT2D eigenvalue weighted by atomic mass is 10.3. The second kappa shape index (κ2) is 8.60. The van der Waals surface area contributed by atoms with Gasteiger partial charge in [-0.3, -0.25) is 4.98 Å². The molecule has 6 heteroatoms. The average Bonchev–Trinajstić information content (AvgIpc) is 2.77. The summed E-state index contributed by atoms with van der Waals surface area (Å²) in [5.74, 6) is 0. The zero-order valence-electron chi connectivity index (χ0n) is 9.39. The predicted octanol–water partition coefficient (Wildman–Crippen LogP) is 0.257. The molecule has 0 fully saturated rings. The molecule has 0 spiro atoms. The Bertz CT molecular complexity index is 257. The topological polar surface area (TPSA) is 63.6 Å². The number of ether oxygens (including phenoxy) is 2. The third kappa shape index (κ3) is 6.14. The number of nitrogens with one attached hydrogen (secondary N) is 1. The zero-order valence-corrected chi connectivity index (χ0v) is 10.2. The van der Waals surface area contributed by atoms with Gasteiger partial charge < -0.3 is 19.9 Å². The number of aromatic nitrogens is 1. The number of aliphatic hydroxyl groups is 1. The molecule has 5 nitrogen and oxygen atoms in total. The maximum Gasteiger partial charge on any atom is 0.0897 e. The van der Waals surface area contributed by atoms with E-state index in [4.69, 9.17) is 9.47 Å². The van der Waals surface area contributed by atoms with Crippen LogP contribution in [0.3, 0.4) is 0 Å². The minimum absolute atomic E-state index is 0.332. The summed E-state index contributed by atoms with van der Waals surface area (Å²) in [6.07, 6.45) is 1.34. The van der Waals surface area contributed by atoms with E-state index in [9.17, 15) is 5.11 Å². The van der Waals surface area contributed by atoms with Crippen molar-refractivity contribution in [1.82, 2.24) is 10.3 Å². The molecule has 2 N–H and O–H groups in total. The third-order valence-corrected chi connectivity index (χ3v) is 2.68. The van der Waals surface area contributed by atoms with Crippen LogP contribution in [0.25, 0.3) is 0 Å². The predicted molar refractivity (Wildman–Crippen MR) is 62.5 cm³/mol. The fourth-order valence-corrected chi connectivity index (χ4v) is 1.68. The van der Waals surface area contributed by atoms with Gasteiger partial charge in [-0.05, 0) is 0 Å². The van der Waals surface area contributed by atoms with E-state index in [-0.39, 0.29) is 0 Å². The molecule has 0 saturated heterocycles. The second-order valence-electron chi connectivity index (χ2n) is 3.32. The summed E-state index contributed by atoms with van der Waals surface area (Å²) in [4.78, 5) is 5.13. The van der Waals surface area contributed by atoms with Gasteiger partial charge in [0, 0.05) is 31.3 Å². The normalized spacial score (nSPS) is 12.9. The number of hydrogen-bond donors (Lipinski definition) is 2. The largest absolute Gasteiger partial charge is 0.389 e. The van der Waals surface area contributed by atoms with Crippen molar-refractivity contribution in [2.75, 3.05) is 33.5 Å². The SMILES string of the molecule is COCCOCC(O)CNCc1cncs1. The van der Waals surface area contributed by atoms with Crippen LogP contribution in [0.5, 0.6) is 0 Å². The summed E-state index contributed by atoms with van der Waals surface area (Å²) in [5, 5.41) is 12.7. The number of methoxy groups -OCH3 is 1. The lowest BCUT2D eigenvalue weighted by molar-refractivity contribution is 0.0137. The fourth-order valence-electron chi connectivity index (χ4n) is 1.11. The van der Waals surface area contributed by atoms with Gasteiger partial charge in [0.2, 0.25) is 0 Å². The van der Waals surface area contributed by atoms with E-state index < -0.39 is 6.10 Å². The third-order valence-electron chi connectivity index (χ3n) is 1.90. The lowest BCUT2D eigenvalue weighted by Gasteiger charge is -2.11. The van der Waals surface area contributed by atoms with Crippen molar-refractivity contribution in [3.8, 4) is 0 Å². The van der Waals surface area contributed by atoms with Crippen LogP contribution >= 0.6 is 11.3 Å². The van der Waals surface area contributed by atoms with E-state index >= 15 is 0 Å². The van der Waals surface area contributed by atoms with Crippen molar-refractivity contribution in [2.24, 2.45) is 0 Å². The fraction of sp³-hybridized carbons (Fsp3) is 0.700. The summed E-state index contributed by atoms with van der Waals surface area (Å²) < 4.78 is 10.0. The van der Waals surface area contributed by atoms with Crippen LogP contribution in [0.4, 0.5) is 0 Å². The van der Waals surface area contributed by atoms with E-state index in [1.807, 2.05) is 6.20 Å². The Morgan fingerprint density at radius 3 is 3.12 bits per heavy atom.